The molecule has 0 fully saturated rings. The van der Waals surface area contributed by atoms with Crippen molar-refractivity contribution in [2.24, 2.45) is 5.92 Å². The Bertz CT molecular complexity index is 292. The van der Waals surface area contributed by atoms with E-state index >= 15 is 0 Å². The zero-order valence-electron chi connectivity index (χ0n) is 12.2. The summed E-state index contributed by atoms with van der Waals surface area (Å²) in [7, 11) is 0. The van der Waals surface area contributed by atoms with Gasteiger partial charge in [0.2, 0.25) is 0 Å². The van der Waals surface area contributed by atoms with Crippen molar-refractivity contribution in [1.82, 2.24) is 0 Å². The fourth-order valence-corrected chi connectivity index (χ4v) is 1.35. The first-order chi connectivity index (χ1) is 8.26. The minimum absolute atomic E-state index is 0.107. The summed E-state index contributed by atoms with van der Waals surface area (Å²) < 4.78 is 10.8. The van der Waals surface area contributed by atoms with Gasteiger partial charge in [-0.1, -0.05) is 0 Å². The van der Waals surface area contributed by atoms with E-state index in [-0.39, 0.29) is 18.0 Å². The second-order valence-electron chi connectivity index (χ2n) is 5.47. The highest BCUT2D eigenvalue weighted by Crippen LogP contribution is 2.17. The summed E-state index contributed by atoms with van der Waals surface area (Å²) in [4.78, 5) is 11.6. The van der Waals surface area contributed by atoms with Gasteiger partial charge in [0.25, 0.3) is 0 Å². The molecule has 0 aliphatic heterocycles. The highest BCUT2D eigenvalue weighted by atomic mass is 16.6. The van der Waals surface area contributed by atoms with Crippen LogP contribution in [0.4, 0.5) is 0 Å². The van der Waals surface area contributed by atoms with Crippen LogP contribution >= 0.6 is 0 Å². The van der Waals surface area contributed by atoms with E-state index < -0.39 is 5.60 Å². The SMILES string of the molecule is CC(C#N)CCC(=O)OC(C)(C)CCOC(C)C. The lowest BCUT2D eigenvalue weighted by Gasteiger charge is -2.25. The van der Waals surface area contributed by atoms with E-state index in [4.69, 9.17) is 14.7 Å². The van der Waals surface area contributed by atoms with Crippen molar-refractivity contribution in [1.29, 1.82) is 5.26 Å². The third-order valence-corrected chi connectivity index (χ3v) is 2.55. The Labute approximate surface area is 110 Å². The summed E-state index contributed by atoms with van der Waals surface area (Å²) in [6.45, 7) is 10.1. The van der Waals surface area contributed by atoms with Gasteiger partial charge in [-0.05, 0) is 41.0 Å². The largest absolute Gasteiger partial charge is 0.460 e. The summed E-state index contributed by atoms with van der Waals surface area (Å²) in [5.41, 5.74) is -0.512. The van der Waals surface area contributed by atoms with Gasteiger partial charge >= 0.3 is 5.97 Å². The number of nitrogens with zero attached hydrogens (tertiary/aromatic N) is 1. The molecule has 0 rings (SSSR count). The summed E-state index contributed by atoms with van der Waals surface area (Å²) in [5, 5.41) is 8.63. The number of hydrogen-bond donors (Lipinski definition) is 0. The van der Waals surface area contributed by atoms with Crippen molar-refractivity contribution >= 4 is 5.97 Å². The maximum absolute atomic E-state index is 11.6. The molecule has 0 aliphatic carbocycles. The smallest absolute Gasteiger partial charge is 0.306 e. The van der Waals surface area contributed by atoms with E-state index in [1.54, 1.807) is 6.92 Å². The normalized spacial score (nSPS) is 13.2. The summed E-state index contributed by atoms with van der Waals surface area (Å²) in [5.74, 6) is -0.350. The molecular formula is C14H25NO3. The molecule has 1 atom stereocenters. The zero-order valence-corrected chi connectivity index (χ0v) is 12.2. The molecular weight excluding hydrogens is 230 g/mol. The summed E-state index contributed by atoms with van der Waals surface area (Å²) in [6, 6.07) is 2.10. The lowest BCUT2D eigenvalue weighted by Crippen LogP contribution is -2.30. The molecule has 0 aromatic rings. The van der Waals surface area contributed by atoms with Gasteiger partial charge in [0.15, 0.2) is 0 Å². The van der Waals surface area contributed by atoms with Crippen LogP contribution in [0.2, 0.25) is 0 Å². The Kier molecular flexibility index (Phi) is 7.61. The van der Waals surface area contributed by atoms with E-state index in [1.165, 1.54) is 0 Å². The quantitative estimate of drug-likeness (QED) is 0.625. The topological polar surface area (TPSA) is 59.3 Å². The summed E-state index contributed by atoms with van der Waals surface area (Å²) >= 11 is 0. The number of carbonyl (C=O) groups is 1. The Morgan fingerprint density at radius 3 is 2.44 bits per heavy atom. The molecule has 0 heterocycles. The maximum atomic E-state index is 11.6. The molecule has 0 bridgehead atoms. The molecule has 0 aromatic carbocycles. The number of nitriles is 1. The van der Waals surface area contributed by atoms with Crippen molar-refractivity contribution in [2.75, 3.05) is 6.61 Å². The van der Waals surface area contributed by atoms with Gasteiger partial charge in [-0.3, -0.25) is 4.79 Å². The number of hydrogen-bond acceptors (Lipinski definition) is 4. The summed E-state index contributed by atoms with van der Waals surface area (Å²) in [6.07, 6.45) is 1.70. The minimum atomic E-state index is -0.512. The first kappa shape index (κ1) is 16.9. The first-order valence-corrected chi connectivity index (χ1v) is 6.50. The van der Waals surface area contributed by atoms with Crippen LogP contribution < -0.4 is 0 Å². The molecule has 1 unspecified atom stereocenters. The van der Waals surface area contributed by atoms with Crippen LogP contribution in [0.5, 0.6) is 0 Å². The molecule has 4 heteroatoms. The molecule has 18 heavy (non-hydrogen) atoms. The molecule has 104 valence electrons. The third-order valence-electron chi connectivity index (χ3n) is 2.55. The zero-order chi connectivity index (χ0) is 14.2. The van der Waals surface area contributed by atoms with Gasteiger partial charge < -0.3 is 9.47 Å². The van der Waals surface area contributed by atoms with Crippen LogP contribution in [-0.4, -0.2) is 24.3 Å². The van der Waals surface area contributed by atoms with E-state index in [2.05, 4.69) is 6.07 Å². The molecule has 0 spiro atoms. The predicted molar refractivity (Wildman–Crippen MR) is 69.9 cm³/mol. The molecule has 4 nitrogen and oxygen atoms in total. The Balaban J connectivity index is 3.93. The monoisotopic (exact) mass is 255 g/mol. The highest BCUT2D eigenvalue weighted by Gasteiger charge is 2.23. The van der Waals surface area contributed by atoms with Crippen LogP contribution in [0.3, 0.4) is 0 Å². The fourth-order valence-electron chi connectivity index (χ4n) is 1.35. The molecule has 0 N–H and O–H groups in total. The van der Waals surface area contributed by atoms with E-state index in [0.29, 0.717) is 25.9 Å². The van der Waals surface area contributed by atoms with Crippen molar-refractivity contribution in [3.8, 4) is 6.07 Å². The number of esters is 1. The molecule has 0 aliphatic rings. The average Bonchev–Trinajstić information content (AvgIpc) is 2.24. The number of carbonyl (C=O) groups excluding carboxylic acids is 1. The van der Waals surface area contributed by atoms with E-state index in [1.807, 2.05) is 27.7 Å². The van der Waals surface area contributed by atoms with Crippen molar-refractivity contribution < 1.29 is 14.3 Å². The lowest BCUT2D eigenvalue weighted by atomic mass is 10.0. The van der Waals surface area contributed by atoms with Gasteiger partial charge in [-0.15, -0.1) is 0 Å². The molecule has 0 amide bonds. The molecule has 0 saturated carbocycles. The van der Waals surface area contributed by atoms with Crippen molar-refractivity contribution in [3.05, 3.63) is 0 Å². The molecule has 0 saturated heterocycles. The van der Waals surface area contributed by atoms with Crippen LogP contribution in [0.25, 0.3) is 0 Å². The van der Waals surface area contributed by atoms with Crippen molar-refractivity contribution in [3.63, 3.8) is 0 Å². The Morgan fingerprint density at radius 2 is 1.94 bits per heavy atom. The lowest BCUT2D eigenvalue weighted by molar-refractivity contribution is -0.158. The minimum Gasteiger partial charge on any atom is -0.460 e. The predicted octanol–water partition coefficient (Wildman–Crippen LogP) is 3.06. The Hall–Kier alpha value is -1.08. The van der Waals surface area contributed by atoms with E-state index in [9.17, 15) is 4.79 Å². The molecule has 0 radical (unpaired) electrons. The maximum Gasteiger partial charge on any atom is 0.306 e. The molecule has 0 aromatic heterocycles. The van der Waals surface area contributed by atoms with E-state index in [0.717, 1.165) is 0 Å². The van der Waals surface area contributed by atoms with Crippen LogP contribution in [-0.2, 0) is 14.3 Å². The highest BCUT2D eigenvalue weighted by molar-refractivity contribution is 5.69. The number of ether oxygens (including phenoxy) is 2. The fraction of sp³-hybridized carbons (Fsp3) is 0.857. The van der Waals surface area contributed by atoms with Crippen molar-refractivity contribution in [2.45, 2.75) is 65.6 Å². The van der Waals surface area contributed by atoms with Gasteiger partial charge in [0.05, 0.1) is 18.8 Å². The van der Waals surface area contributed by atoms with Crippen LogP contribution in [0, 0.1) is 17.2 Å². The van der Waals surface area contributed by atoms with Gasteiger partial charge in [-0.2, -0.15) is 5.26 Å². The van der Waals surface area contributed by atoms with Crippen LogP contribution in [0.1, 0.15) is 53.9 Å². The van der Waals surface area contributed by atoms with Gasteiger partial charge in [-0.25, -0.2) is 0 Å². The number of rotatable bonds is 8. The first-order valence-electron chi connectivity index (χ1n) is 6.50. The van der Waals surface area contributed by atoms with Crippen LogP contribution in [0.15, 0.2) is 0 Å². The second-order valence-corrected chi connectivity index (χ2v) is 5.47. The Morgan fingerprint density at radius 1 is 1.33 bits per heavy atom. The second kappa shape index (κ2) is 8.10. The van der Waals surface area contributed by atoms with Gasteiger partial charge in [0, 0.05) is 18.8 Å². The third kappa shape index (κ3) is 9.00. The standard InChI is InChI=1S/C14H25NO3/c1-11(2)17-9-8-14(4,5)18-13(16)7-6-12(3)10-15/h11-12H,6-9H2,1-5H3. The van der Waals surface area contributed by atoms with Gasteiger partial charge in [0.1, 0.15) is 5.60 Å². The average molecular weight is 255 g/mol.